The molecule has 0 aromatic heterocycles. The quantitative estimate of drug-likeness (QED) is 0.538. The van der Waals surface area contributed by atoms with Crippen LogP contribution in [0.3, 0.4) is 0 Å². The van der Waals surface area contributed by atoms with Crippen molar-refractivity contribution in [3.8, 4) is 0 Å². The normalized spacial score (nSPS) is 2.00. The summed E-state index contributed by atoms with van der Waals surface area (Å²) in [4.78, 5) is 0. The summed E-state index contributed by atoms with van der Waals surface area (Å²) in [6.45, 7) is 0. The molecule has 0 fully saturated rings. The Hall–Kier alpha value is 1.17. The molecule has 0 saturated carbocycles. The van der Waals surface area contributed by atoms with Crippen molar-refractivity contribution >= 4 is 24.7 Å². The van der Waals surface area contributed by atoms with Gasteiger partial charge in [-0.3, -0.25) is 0 Å². The molecule has 0 aromatic carbocycles. The van der Waals surface area contributed by atoms with E-state index in [9.17, 15) is 0 Å². The van der Waals surface area contributed by atoms with Gasteiger partial charge in [0.2, 0.25) is 0 Å². The molecule has 0 heterocycles. The van der Waals surface area contributed by atoms with Gasteiger partial charge in [0.1, 0.15) is 0 Å². The molecule has 0 N–H and O–H groups in total. The first-order valence-corrected chi connectivity index (χ1v) is 2.78. The van der Waals surface area contributed by atoms with Crippen molar-refractivity contribution in [3.63, 3.8) is 0 Å². The Balaban J connectivity index is 0. The number of hydrogen-bond donors (Lipinski definition) is 0. The molecular formula is HBiMoO2. The van der Waals surface area contributed by atoms with Crippen molar-refractivity contribution in [2.75, 3.05) is 0 Å². The minimum absolute atomic E-state index is 0.0556. The van der Waals surface area contributed by atoms with Crippen molar-refractivity contribution in [3.05, 3.63) is 0 Å². The summed E-state index contributed by atoms with van der Waals surface area (Å²) in [5, 5.41) is 0. The van der Waals surface area contributed by atoms with Crippen LogP contribution in [0.5, 0.6) is 0 Å². The predicted molar refractivity (Wildman–Crippen MR) is 8.52 cm³/mol. The Kier molecular flexibility index (Phi) is 68.4. The Labute approximate surface area is 50.5 Å². The summed E-state index contributed by atoms with van der Waals surface area (Å²) in [6, 6.07) is 0. The number of rotatable bonds is 0. The molecule has 0 spiro atoms. The fourth-order valence-corrected chi connectivity index (χ4v) is 0. The van der Waals surface area contributed by atoms with Crippen LogP contribution in [0.4, 0.5) is 0 Å². The average molecular weight is 338 g/mol. The van der Waals surface area contributed by atoms with Crippen LogP contribution >= 0.6 is 0 Å². The van der Waals surface area contributed by atoms with Crippen LogP contribution in [0.1, 0.15) is 0 Å². The van der Waals surface area contributed by atoms with Gasteiger partial charge in [-0.05, 0) is 0 Å². The summed E-state index contributed by atoms with van der Waals surface area (Å²) >= 11 is 0.756. The van der Waals surface area contributed by atoms with Crippen molar-refractivity contribution in [2.24, 2.45) is 0 Å². The van der Waals surface area contributed by atoms with E-state index in [1.54, 1.807) is 0 Å². The molecule has 0 aromatic rings. The Bertz CT molecular complexity index is 8.00. The van der Waals surface area contributed by atoms with Crippen LogP contribution in [0.2, 0.25) is 0 Å². The van der Waals surface area contributed by atoms with Gasteiger partial charge in [0.05, 0.1) is 0 Å². The van der Waals surface area contributed by atoms with E-state index in [4.69, 9.17) is 6.21 Å². The molecule has 0 unspecified atom stereocenters. The Morgan fingerprint density at radius 2 is 1.25 bits per heavy atom. The molecule has 0 saturated heterocycles. The molecule has 0 rings (SSSR count). The van der Waals surface area contributed by atoms with Crippen LogP contribution in [0.25, 0.3) is 0 Å². The Morgan fingerprint density at radius 1 is 1.25 bits per heavy atom. The van der Waals surface area contributed by atoms with Gasteiger partial charge in [0, 0.05) is 0 Å². The third kappa shape index (κ3) is 10.9. The van der Waals surface area contributed by atoms with E-state index in [-0.39, 0.29) is 24.7 Å². The molecule has 24 valence electrons. The van der Waals surface area contributed by atoms with Gasteiger partial charge in [-0.2, -0.15) is 0 Å². The average Bonchev–Trinajstić information content (AvgIpc) is 1.50. The monoisotopic (exact) mass is 340 g/mol. The summed E-state index contributed by atoms with van der Waals surface area (Å²) < 4.78 is 16.6. The SMILES string of the molecule is [O]=[BiH].[O]=[Mo]. The van der Waals surface area contributed by atoms with Crippen LogP contribution < -0.4 is 0 Å². The minimum atomic E-state index is 0.0556. The molecule has 0 atom stereocenters. The first-order valence-electron chi connectivity index (χ1n) is 0.371. The van der Waals surface area contributed by atoms with Gasteiger partial charge in [0.15, 0.2) is 0 Å². The first-order chi connectivity index (χ1) is 2.00. The number of hydrogen-bond acceptors (Lipinski definition) is 2. The maximum absolute atomic E-state index is 8.39. The molecular weight excluding hydrogens is 337 g/mol. The zero-order valence-electron chi connectivity index (χ0n) is 1.72. The van der Waals surface area contributed by atoms with Crippen molar-refractivity contribution in [2.45, 2.75) is 0 Å². The molecule has 0 amide bonds. The fraction of sp³-hybridized carbons (Fsp3) is 0. The van der Waals surface area contributed by atoms with Crippen molar-refractivity contribution in [1.29, 1.82) is 0 Å². The third-order valence-electron chi connectivity index (χ3n) is 0. The molecule has 0 aliphatic rings. The zero-order chi connectivity index (χ0) is 4.00. The third-order valence-corrected chi connectivity index (χ3v) is 0. The second kappa shape index (κ2) is 30.6. The van der Waals surface area contributed by atoms with E-state index in [0.29, 0.717) is 19.8 Å². The zero-order valence-corrected chi connectivity index (χ0v) is 7.62. The van der Waals surface area contributed by atoms with Gasteiger partial charge in [0.25, 0.3) is 0 Å². The Morgan fingerprint density at radius 3 is 1.25 bits per heavy atom. The van der Waals surface area contributed by atoms with E-state index < -0.39 is 0 Å². The molecule has 2 nitrogen and oxygen atoms in total. The molecule has 0 bridgehead atoms. The summed E-state index contributed by atoms with van der Waals surface area (Å²) in [7, 11) is 0. The van der Waals surface area contributed by atoms with Crippen LogP contribution in [-0.4, -0.2) is 24.7 Å². The summed E-state index contributed by atoms with van der Waals surface area (Å²) in [5.41, 5.74) is 0. The van der Waals surface area contributed by atoms with Crippen LogP contribution in [0.15, 0.2) is 0 Å². The first kappa shape index (κ1) is 8.95. The van der Waals surface area contributed by atoms with E-state index >= 15 is 0 Å². The van der Waals surface area contributed by atoms with Crippen LogP contribution in [-0.2, 0) is 26.0 Å². The molecule has 0 aliphatic carbocycles. The fourth-order valence-electron chi connectivity index (χ4n) is 0. The second-order valence-electron chi connectivity index (χ2n) is 0. The van der Waals surface area contributed by atoms with E-state index in [0.717, 1.165) is 0 Å². The van der Waals surface area contributed by atoms with E-state index in [1.807, 2.05) is 0 Å². The van der Waals surface area contributed by atoms with Crippen LogP contribution in [0, 0.1) is 0 Å². The standard InChI is InChI=1S/Bi.Mo.2O.H. The molecule has 4 heteroatoms. The van der Waals surface area contributed by atoms with Crippen molar-refractivity contribution < 1.29 is 26.0 Å². The van der Waals surface area contributed by atoms with Gasteiger partial charge in [-0.25, -0.2) is 0 Å². The summed E-state index contributed by atoms with van der Waals surface area (Å²) in [6.07, 6.45) is 0. The maximum atomic E-state index is 8.39. The summed E-state index contributed by atoms with van der Waals surface area (Å²) in [5.74, 6) is 0. The second-order valence-corrected chi connectivity index (χ2v) is 0. The molecule has 4 heavy (non-hydrogen) atoms. The van der Waals surface area contributed by atoms with E-state index in [1.165, 1.54) is 0 Å². The van der Waals surface area contributed by atoms with Gasteiger partial charge < -0.3 is 0 Å². The van der Waals surface area contributed by atoms with Gasteiger partial charge in [-0.15, -0.1) is 0 Å². The van der Waals surface area contributed by atoms with Gasteiger partial charge in [-0.1, -0.05) is 0 Å². The van der Waals surface area contributed by atoms with Gasteiger partial charge >= 0.3 is 50.7 Å². The topological polar surface area (TPSA) is 34.1 Å². The van der Waals surface area contributed by atoms with Crippen molar-refractivity contribution in [1.82, 2.24) is 0 Å². The molecule has 0 radical (unpaired) electrons. The molecule has 0 aliphatic heterocycles. The predicted octanol–water partition coefficient (Wildman–Crippen LogP) is -0.889. The van der Waals surface area contributed by atoms with E-state index in [2.05, 4.69) is 0 Å².